The molecule has 1 N–H and O–H groups in total. The molecule has 0 bridgehead atoms. The smallest absolute Gasteiger partial charge is 0.292 e. The molecule has 0 radical (unpaired) electrons. The van der Waals surface area contributed by atoms with Crippen LogP contribution in [0.1, 0.15) is 29.0 Å². The minimum absolute atomic E-state index is 0.00192. The minimum Gasteiger partial charge on any atom is -0.454 e. The number of fused-ring (bicyclic) bond motifs is 1. The molecule has 0 fully saturated rings. The van der Waals surface area contributed by atoms with Gasteiger partial charge in [-0.1, -0.05) is 42.4 Å². The molecule has 7 heteroatoms. The van der Waals surface area contributed by atoms with E-state index in [9.17, 15) is 4.79 Å². The number of amides is 1. The molecule has 0 unspecified atom stereocenters. The number of nitrogens with one attached hydrogen (secondary N) is 1. The number of rotatable bonds is 5. The van der Waals surface area contributed by atoms with E-state index in [0.29, 0.717) is 23.6 Å². The van der Waals surface area contributed by atoms with E-state index < -0.39 is 0 Å². The quantitative estimate of drug-likeness (QED) is 0.760. The zero-order chi connectivity index (χ0) is 17.9. The maximum Gasteiger partial charge on any atom is 0.292 e. The molecule has 3 aromatic rings. The van der Waals surface area contributed by atoms with Crippen molar-refractivity contribution in [3.8, 4) is 23.0 Å². The van der Waals surface area contributed by atoms with Gasteiger partial charge in [-0.05, 0) is 29.7 Å². The zero-order valence-electron chi connectivity index (χ0n) is 14.1. The van der Waals surface area contributed by atoms with Crippen molar-refractivity contribution in [1.82, 2.24) is 15.5 Å². The van der Waals surface area contributed by atoms with Crippen molar-refractivity contribution in [2.24, 2.45) is 0 Å². The highest BCUT2D eigenvalue weighted by Crippen LogP contribution is 2.35. The lowest BCUT2D eigenvalue weighted by Gasteiger charge is -2.11. The highest BCUT2D eigenvalue weighted by atomic mass is 16.7. The maximum atomic E-state index is 12.3. The molecule has 0 aliphatic carbocycles. The van der Waals surface area contributed by atoms with E-state index in [1.54, 1.807) is 18.2 Å². The third-order valence-corrected chi connectivity index (χ3v) is 4.19. The molecule has 2 aromatic carbocycles. The maximum absolute atomic E-state index is 12.3. The standard InChI is InChI=1S/C19H17N3O4/c1-12(13-5-3-2-4-6-13)10-20-18(23)17-21-19(26-22-17)14-7-8-15-16(9-14)25-11-24-15/h2-9,12H,10-11H2,1H3,(H,20,23)/t12-/m0/s1. The Labute approximate surface area is 149 Å². The van der Waals surface area contributed by atoms with Crippen LogP contribution in [0.2, 0.25) is 0 Å². The first-order chi connectivity index (χ1) is 12.7. The van der Waals surface area contributed by atoms with Crippen LogP contribution in [-0.2, 0) is 0 Å². The van der Waals surface area contributed by atoms with E-state index in [1.165, 1.54) is 0 Å². The second-order valence-corrected chi connectivity index (χ2v) is 6.01. The Morgan fingerprint density at radius 2 is 1.96 bits per heavy atom. The fourth-order valence-electron chi connectivity index (χ4n) is 2.69. The molecule has 0 spiro atoms. The van der Waals surface area contributed by atoms with Gasteiger partial charge >= 0.3 is 0 Å². The van der Waals surface area contributed by atoms with Gasteiger partial charge in [0.25, 0.3) is 17.6 Å². The van der Waals surface area contributed by atoms with Crippen molar-refractivity contribution in [2.45, 2.75) is 12.8 Å². The van der Waals surface area contributed by atoms with E-state index in [0.717, 1.165) is 5.56 Å². The summed E-state index contributed by atoms with van der Waals surface area (Å²) < 4.78 is 15.8. The van der Waals surface area contributed by atoms with Gasteiger partial charge < -0.3 is 19.3 Å². The van der Waals surface area contributed by atoms with Gasteiger partial charge in [-0.15, -0.1) is 0 Å². The van der Waals surface area contributed by atoms with E-state index in [1.807, 2.05) is 37.3 Å². The largest absolute Gasteiger partial charge is 0.454 e. The first-order valence-corrected chi connectivity index (χ1v) is 8.27. The van der Waals surface area contributed by atoms with E-state index in [4.69, 9.17) is 14.0 Å². The van der Waals surface area contributed by atoms with Crippen molar-refractivity contribution >= 4 is 5.91 Å². The van der Waals surface area contributed by atoms with Crippen LogP contribution in [0, 0.1) is 0 Å². The molecule has 26 heavy (non-hydrogen) atoms. The number of hydrogen-bond acceptors (Lipinski definition) is 6. The van der Waals surface area contributed by atoms with Crippen molar-refractivity contribution in [2.75, 3.05) is 13.3 Å². The summed E-state index contributed by atoms with van der Waals surface area (Å²) in [6.45, 7) is 2.72. The van der Waals surface area contributed by atoms with Gasteiger partial charge in [-0.25, -0.2) is 0 Å². The molecular weight excluding hydrogens is 334 g/mol. The summed E-state index contributed by atoms with van der Waals surface area (Å²) in [5.74, 6) is 1.34. The zero-order valence-corrected chi connectivity index (χ0v) is 14.1. The van der Waals surface area contributed by atoms with Crippen molar-refractivity contribution < 1.29 is 18.8 Å². The van der Waals surface area contributed by atoms with Crippen LogP contribution in [0.25, 0.3) is 11.5 Å². The summed E-state index contributed by atoms with van der Waals surface area (Å²) in [7, 11) is 0. The van der Waals surface area contributed by atoms with Crippen LogP contribution in [0.5, 0.6) is 11.5 Å². The molecule has 1 atom stereocenters. The topological polar surface area (TPSA) is 86.5 Å². The number of hydrogen-bond donors (Lipinski definition) is 1. The number of nitrogens with zero attached hydrogens (tertiary/aromatic N) is 2. The Bertz CT molecular complexity index is 924. The molecule has 0 saturated carbocycles. The van der Waals surface area contributed by atoms with Gasteiger partial charge in [0.05, 0.1) is 0 Å². The number of aromatic nitrogens is 2. The lowest BCUT2D eigenvalue weighted by molar-refractivity contribution is 0.0938. The highest BCUT2D eigenvalue weighted by molar-refractivity contribution is 5.90. The first-order valence-electron chi connectivity index (χ1n) is 8.27. The number of ether oxygens (including phenoxy) is 2. The van der Waals surface area contributed by atoms with Gasteiger partial charge in [0.1, 0.15) is 0 Å². The first kappa shape index (κ1) is 16.1. The molecule has 1 amide bonds. The molecule has 2 heterocycles. The predicted octanol–water partition coefficient (Wildman–Crippen LogP) is 3.00. The summed E-state index contributed by atoms with van der Waals surface area (Å²) in [5, 5.41) is 6.60. The Morgan fingerprint density at radius 3 is 2.81 bits per heavy atom. The molecule has 132 valence electrons. The SMILES string of the molecule is C[C@@H](CNC(=O)c1noc(-c2ccc3c(c2)OCO3)n1)c1ccccc1. The lowest BCUT2D eigenvalue weighted by atomic mass is 10.0. The van der Waals surface area contributed by atoms with Gasteiger partial charge in [0.15, 0.2) is 11.5 Å². The summed E-state index contributed by atoms with van der Waals surface area (Å²) in [5.41, 5.74) is 1.82. The molecular formula is C19H17N3O4. The third kappa shape index (κ3) is 3.23. The van der Waals surface area contributed by atoms with Crippen LogP contribution in [0.4, 0.5) is 0 Å². The molecule has 4 rings (SSSR count). The van der Waals surface area contributed by atoms with Crippen molar-refractivity contribution in [3.05, 3.63) is 59.9 Å². The highest BCUT2D eigenvalue weighted by Gasteiger charge is 2.19. The van der Waals surface area contributed by atoms with Crippen LogP contribution >= 0.6 is 0 Å². The average molecular weight is 351 g/mol. The summed E-state index contributed by atoms with van der Waals surface area (Å²) in [6.07, 6.45) is 0. The molecule has 1 aromatic heterocycles. The monoisotopic (exact) mass is 351 g/mol. The van der Waals surface area contributed by atoms with Crippen LogP contribution in [0.3, 0.4) is 0 Å². The Morgan fingerprint density at radius 1 is 1.15 bits per heavy atom. The number of carbonyl (C=O) groups is 1. The molecule has 1 aliphatic rings. The minimum atomic E-state index is -0.372. The Kier molecular flexibility index (Phi) is 4.27. The van der Waals surface area contributed by atoms with Gasteiger partial charge in [-0.3, -0.25) is 4.79 Å². The normalized spacial score (nSPS) is 13.4. The van der Waals surface area contributed by atoms with E-state index in [-0.39, 0.29) is 30.3 Å². The predicted molar refractivity (Wildman–Crippen MR) is 93.0 cm³/mol. The van der Waals surface area contributed by atoms with Crippen molar-refractivity contribution in [3.63, 3.8) is 0 Å². The summed E-state index contributed by atoms with van der Waals surface area (Å²) in [6, 6.07) is 15.3. The average Bonchev–Trinajstić information content (AvgIpc) is 3.35. The second kappa shape index (κ2) is 6.87. The Balaban J connectivity index is 1.42. The fraction of sp³-hybridized carbons (Fsp3) is 0.211. The van der Waals surface area contributed by atoms with Gasteiger partial charge in [0.2, 0.25) is 6.79 Å². The summed E-state index contributed by atoms with van der Waals surface area (Å²) >= 11 is 0. The number of carbonyl (C=O) groups excluding carboxylic acids is 1. The second-order valence-electron chi connectivity index (χ2n) is 6.01. The van der Waals surface area contributed by atoms with E-state index in [2.05, 4.69) is 15.5 Å². The van der Waals surface area contributed by atoms with Gasteiger partial charge in [0, 0.05) is 12.1 Å². The molecule has 1 aliphatic heterocycles. The Hall–Kier alpha value is -3.35. The van der Waals surface area contributed by atoms with Crippen LogP contribution in [-0.4, -0.2) is 29.4 Å². The lowest BCUT2D eigenvalue weighted by Crippen LogP contribution is -2.28. The molecule has 0 saturated heterocycles. The van der Waals surface area contributed by atoms with Crippen LogP contribution < -0.4 is 14.8 Å². The van der Waals surface area contributed by atoms with Crippen molar-refractivity contribution in [1.29, 1.82) is 0 Å². The van der Waals surface area contributed by atoms with Gasteiger partial charge in [-0.2, -0.15) is 4.98 Å². The third-order valence-electron chi connectivity index (χ3n) is 4.19. The fourth-order valence-corrected chi connectivity index (χ4v) is 2.69. The number of benzene rings is 2. The van der Waals surface area contributed by atoms with E-state index >= 15 is 0 Å². The summed E-state index contributed by atoms with van der Waals surface area (Å²) in [4.78, 5) is 16.4. The molecule has 7 nitrogen and oxygen atoms in total. The van der Waals surface area contributed by atoms with Crippen LogP contribution in [0.15, 0.2) is 53.1 Å².